The van der Waals surface area contributed by atoms with E-state index in [1.165, 1.54) is 4.90 Å². The van der Waals surface area contributed by atoms with E-state index >= 15 is 0 Å². The van der Waals surface area contributed by atoms with Gasteiger partial charge in [0.2, 0.25) is 0 Å². The Labute approximate surface area is 107 Å². The molecule has 0 radical (unpaired) electrons. The lowest BCUT2D eigenvalue weighted by Crippen LogP contribution is -2.14. The average Bonchev–Trinajstić information content (AvgIpc) is 2.28. The van der Waals surface area contributed by atoms with E-state index in [1.54, 1.807) is 0 Å². The van der Waals surface area contributed by atoms with Gasteiger partial charge in [0.05, 0.1) is 0 Å². The molecule has 0 saturated heterocycles. The summed E-state index contributed by atoms with van der Waals surface area (Å²) in [6.45, 7) is 8.63. The highest BCUT2D eigenvalue weighted by molar-refractivity contribution is 8.00. The lowest BCUT2D eigenvalue weighted by Gasteiger charge is -2.15. The standard InChI is InChI=1S/C13H20N2OS/c1-8(2)10(4)17-11-5-6-12(9(3)7-11)13(14)15-16/h5-8,10,16H,1-4H3,(H2,14,15). The fraction of sp³-hybridized carbons (Fsp3) is 0.462. The summed E-state index contributed by atoms with van der Waals surface area (Å²) in [6, 6.07) is 6.00. The van der Waals surface area contributed by atoms with Gasteiger partial charge in [-0.3, -0.25) is 0 Å². The van der Waals surface area contributed by atoms with Crippen LogP contribution < -0.4 is 5.73 Å². The Bertz CT molecular complexity index is 416. The molecule has 94 valence electrons. The van der Waals surface area contributed by atoms with E-state index < -0.39 is 0 Å². The highest BCUT2D eigenvalue weighted by Gasteiger charge is 2.10. The van der Waals surface area contributed by atoms with Crippen LogP contribution in [0.3, 0.4) is 0 Å². The van der Waals surface area contributed by atoms with E-state index in [9.17, 15) is 0 Å². The molecule has 3 nitrogen and oxygen atoms in total. The fourth-order valence-electron chi connectivity index (χ4n) is 1.40. The van der Waals surface area contributed by atoms with Gasteiger partial charge in [0, 0.05) is 15.7 Å². The van der Waals surface area contributed by atoms with Crippen molar-refractivity contribution in [2.45, 2.75) is 37.8 Å². The highest BCUT2D eigenvalue weighted by Crippen LogP contribution is 2.29. The van der Waals surface area contributed by atoms with Gasteiger partial charge < -0.3 is 10.9 Å². The van der Waals surface area contributed by atoms with Gasteiger partial charge in [0.25, 0.3) is 0 Å². The first-order valence-electron chi connectivity index (χ1n) is 5.71. The van der Waals surface area contributed by atoms with Crippen molar-refractivity contribution < 1.29 is 5.21 Å². The van der Waals surface area contributed by atoms with Crippen LogP contribution >= 0.6 is 11.8 Å². The first kappa shape index (κ1) is 13.9. The van der Waals surface area contributed by atoms with Crippen LogP contribution in [-0.2, 0) is 0 Å². The number of amidine groups is 1. The summed E-state index contributed by atoms with van der Waals surface area (Å²) in [5.74, 6) is 0.806. The minimum absolute atomic E-state index is 0.163. The second-order valence-corrected chi connectivity index (χ2v) is 5.98. The molecule has 0 aromatic heterocycles. The van der Waals surface area contributed by atoms with Crippen molar-refractivity contribution in [1.82, 2.24) is 0 Å². The van der Waals surface area contributed by atoms with Crippen LogP contribution in [0.5, 0.6) is 0 Å². The van der Waals surface area contributed by atoms with Gasteiger partial charge in [-0.1, -0.05) is 25.9 Å². The van der Waals surface area contributed by atoms with E-state index in [4.69, 9.17) is 10.9 Å². The molecule has 0 aliphatic carbocycles. The quantitative estimate of drug-likeness (QED) is 0.284. The zero-order valence-corrected chi connectivity index (χ0v) is 11.6. The maximum atomic E-state index is 8.66. The Morgan fingerprint density at radius 2 is 2.00 bits per heavy atom. The van der Waals surface area contributed by atoms with Gasteiger partial charge in [-0.2, -0.15) is 0 Å². The third-order valence-electron chi connectivity index (χ3n) is 2.84. The van der Waals surface area contributed by atoms with Crippen LogP contribution in [0.25, 0.3) is 0 Å². The molecule has 0 saturated carbocycles. The monoisotopic (exact) mass is 252 g/mol. The van der Waals surface area contributed by atoms with E-state index in [1.807, 2.05) is 30.8 Å². The van der Waals surface area contributed by atoms with E-state index in [-0.39, 0.29) is 5.84 Å². The Balaban J connectivity index is 2.90. The lowest BCUT2D eigenvalue weighted by atomic mass is 10.1. The zero-order valence-electron chi connectivity index (χ0n) is 10.8. The minimum atomic E-state index is 0.163. The third kappa shape index (κ3) is 3.66. The molecule has 4 heteroatoms. The molecule has 1 atom stereocenters. The first-order valence-corrected chi connectivity index (χ1v) is 6.59. The maximum Gasteiger partial charge on any atom is 0.170 e. The summed E-state index contributed by atoms with van der Waals surface area (Å²) in [6.07, 6.45) is 0. The topological polar surface area (TPSA) is 58.6 Å². The molecule has 0 spiro atoms. The Morgan fingerprint density at radius 3 is 2.47 bits per heavy atom. The molecule has 0 bridgehead atoms. The van der Waals surface area contributed by atoms with Crippen molar-refractivity contribution in [3.63, 3.8) is 0 Å². The number of oxime groups is 1. The number of nitrogens with zero attached hydrogens (tertiary/aromatic N) is 1. The molecule has 0 aliphatic heterocycles. The second-order valence-electron chi connectivity index (χ2n) is 4.53. The van der Waals surface area contributed by atoms with Crippen LogP contribution in [0, 0.1) is 12.8 Å². The maximum absolute atomic E-state index is 8.66. The summed E-state index contributed by atoms with van der Waals surface area (Å²) >= 11 is 1.85. The van der Waals surface area contributed by atoms with E-state index in [0.717, 1.165) is 11.1 Å². The predicted molar refractivity (Wildman–Crippen MR) is 73.8 cm³/mol. The van der Waals surface area contributed by atoms with Crippen molar-refractivity contribution in [3.05, 3.63) is 29.3 Å². The predicted octanol–water partition coefficient (Wildman–Crippen LogP) is 3.23. The van der Waals surface area contributed by atoms with Crippen molar-refractivity contribution in [1.29, 1.82) is 0 Å². The van der Waals surface area contributed by atoms with Crippen LogP contribution in [-0.4, -0.2) is 16.3 Å². The molecule has 0 heterocycles. The summed E-state index contributed by atoms with van der Waals surface area (Å²) in [4.78, 5) is 1.22. The van der Waals surface area contributed by atoms with Crippen molar-refractivity contribution >= 4 is 17.6 Å². The molecule has 17 heavy (non-hydrogen) atoms. The van der Waals surface area contributed by atoms with Crippen LogP contribution in [0.1, 0.15) is 31.9 Å². The SMILES string of the molecule is Cc1cc(SC(C)C(C)C)ccc1/C(N)=N/O. The molecular formula is C13H20N2OS. The molecule has 0 fully saturated rings. The molecule has 0 amide bonds. The van der Waals surface area contributed by atoms with Crippen LogP contribution in [0.2, 0.25) is 0 Å². The average molecular weight is 252 g/mol. The minimum Gasteiger partial charge on any atom is -0.409 e. The Hall–Kier alpha value is -1.16. The smallest absolute Gasteiger partial charge is 0.170 e. The van der Waals surface area contributed by atoms with Gasteiger partial charge in [-0.15, -0.1) is 11.8 Å². The summed E-state index contributed by atoms with van der Waals surface area (Å²) in [5.41, 5.74) is 7.40. The van der Waals surface area contributed by atoms with Gasteiger partial charge in [-0.05, 0) is 36.6 Å². The van der Waals surface area contributed by atoms with E-state index in [2.05, 4.69) is 32.0 Å². The molecule has 3 N–H and O–H groups in total. The number of benzene rings is 1. The normalized spacial score (nSPS) is 14.1. The number of aryl methyl sites for hydroxylation is 1. The molecular weight excluding hydrogens is 232 g/mol. The van der Waals surface area contributed by atoms with Gasteiger partial charge in [0.15, 0.2) is 5.84 Å². The third-order valence-corrected chi connectivity index (χ3v) is 4.28. The Morgan fingerprint density at radius 1 is 1.35 bits per heavy atom. The summed E-state index contributed by atoms with van der Waals surface area (Å²) < 4.78 is 0. The van der Waals surface area contributed by atoms with Gasteiger partial charge >= 0.3 is 0 Å². The van der Waals surface area contributed by atoms with Crippen LogP contribution in [0.15, 0.2) is 28.3 Å². The zero-order chi connectivity index (χ0) is 13.0. The largest absolute Gasteiger partial charge is 0.409 e. The van der Waals surface area contributed by atoms with Gasteiger partial charge in [0.1, 0.15) is 0 Å². The Kier molecular flexibility index (Phi) is 4.87. The fourth-order valence-corrected chi connectivity index (χ4v) is 2.49. The molecule has 1 aromatic carbocycles. The van der Waals surface area contributed by atoms with E-state index in [0.29, 0.717) is 11.2 Å². The van der Waals surface area contributed by atoms with Crippen LogP contribution in [0.4, 0.5) is 0 Å². The lowest BCUT2D eigenvalue weighted by molar-refractivity contribution is 0.318. The second kappa shape index (κ2) is 5.96. The van der Waals surface area contributed by atoms with Gasteiger partial charge in [-0.25, -0.2) is 0 Å². The summed E-state index contributed by atoms with van der Waals surface area (Å²) in [7, 11) is 0. The number of hydrogen-bond acceptors (Lipinski definition) is 3. The first-order chi connectivity index (χ1) is 7.95. The number of hydrogen-bond donors (Lipinski definition) is 2. The number of thioether (sulfide) groups is 1. The summed E-state index contributed by atoms with van der Waals surface area (Å²) in [5, 5.41) is 12.3. The van der Waals surface area contributed by atoms with Crippen molar-refractivity contribution in [3.8, 4) is 0 Å². The molecule has 1 rings (SSSR count). The molecule has 1 aromatic rings. The highest BCUT2D eigenvalue weighted by atomic mass is 32.2. The molecule has 0 aliphatic rings. The number of nitrogens with two attached hydrogens (primary N) is 1. The molecule has 1 unspecified atom stereocenters. The number of rotatable bonds is 4. The van der Waals surface area contributed by atoms with Crippen molar-refractivity contribution in [2.24, 2.45) is 16.8 Å². The van der Waals surface area contributed by atoms with Crippen molar-refractivity contribution in [2.75, 3.05) is 0 Å².